The predicted octanol–water partition coefficient (Wildman–Crippen LogP) is 2.85. The summed E-state index contributed by atoms with van der Waals surface area (Å²) in [4.78, 5) is 22.0. The Bertz CT molecular complexity index is 645. The summed E-state index contributed by atoms with van der Waals surface area (Å²) >= 11 is 0. The fourth-order valence-corrected chi connectivity index (χ4v) is 2.14. The van der Waals surface area contributed by atoms with Gasteiger partial charge in [-0.2, -0.15) is 0 Å². The molecule has 0 aliphatic rings. The molecule has 0 bridgehead atoms. The van der Waals surface area contributed by atoms with Crippen molar-refractivity contribution in [3.63, 3.8) is 0 Å². The van der Waals surface area contributed by atoms with Gasteiger partial charge in [-0.1, -0.05) is 0 Å². The topological polar surface area (TPSA) is 59.3 Å². The summed E-state index contributed by atoms with van der Waals surface area (Å²) in [5.74, 6) is -1.37. The highest BCUT2D eigenvalue weighted by Gasteiger charge is 2.12. The van der Waals surface area contributed by atoms with E-state index in [-0.39, 0.29) is 12.2 Å². The lowest BCUT2D eigenvalue weighted by molar-refractivity contribution is -0.137. The molecule has 0 unspecified atom stereocenters. The molecule has 0 aliphatic carbocycles. The monoisotopic (exact) mass is 263 g/mol. The van der Waals surface area contributed by atoms with Crippen LogP contribution in [-0.4, -0.2) is 21.4 Å². The van der Waals surface area contributed by atoms with Gasteiger partial charge in [0.2, 0.25) is 0 Å². The number of carbonyl (C=O) groups excluding carboxylic acids is 1. The predicted molar refractivity (Wildman–Crippen MR) is 68.8 cm³/mol. The number of halogens is 1. The maximum Gasteiger partial charge on any atom is 0.303 e. The average Bonchev–Trinajstić information content (AvgIpc) is 2.67. The Hall–Kier alpha value is -2.17. The normalized spacial score (nSPS) is 10.8. The first-order valence-corrected chi connectivity index (χ1v) is 6.00. The molecule has 1 aromatic heterocycles. The number of hydrogen-bond acceptors (Lipinski definition) is 2. The van der Waals surface area contributed by atoms with Crippen LogP contribution < -0.4 is 0 Å². The lowest BCUT2D eigenvalue weighted by Gasteiger charge is -2.03. The number of carboxylic acid groups (broad SMARTS) is 1. The minimum Gasteiger partial charge on any atom is -0.481 e. The minimum absolute atomic E-state index is 0.0657. The lowest BCUT2D eigenvalue weighted by atomic mass is 10.1. The van der Waals surface area contributed by atoms with E-state index in [9.17, 15) is 14.0 Å². The molecule has 0 spiro atoms. The summed E-state index contributed by atoms with van der Waals surface area (Å²) in [6.07, 6.45) is 2.19. The highest BCUT2D eigenvalue weighted by atomic mass is 19.1. The number of fused-ring (bicyclic) bond motifs is 1. The molecule has 0 radical (unpaired) electrons. The molecular formula is C14H14FNO3. The zero-order valence-corrected chi connectivity index (χ0v) is 10.5. The Morgan fingerprint density at radius 1 is 1.37 bits per heavy atom. The molecule has 0 amide bonds. The number of benzene rings is 1. The molecule has 0 fully saturated rings. The molecule has 0 saturated carbocycles. The third-order valence-corrected chi connectivity index (χ3v) is 3.01. The molecule has 4 nitrogen and oxygen atoms in total. The van der Waals surface area contributed by atoms with E-state index in [4.69, 9.17) is 5.11 Å². The number of nitrogens with zero attached hydrogens (tertiary/aromatic N) is 1. The number of hydrogen-bond donors (Lipinski definition) is 1. The van der Waals surface area contributed by atoms with Gasteiger partial charge < -0.3 is 9.67 Å². The van der Waals surface area contributed by atoms with Crippen molar-refractivity contribution in [2.24, 2.45) is 0 Å². The van der Waals surface area contributed by atoms with Crippen LogP contribution >= 0.6 is 0 Å². The number of aliphatic carboxylic acids is 1. The van der Waals surface area contributed by atoms with Crippen molar-refractivity contribution in [2.75, 3.05) is 0 Å². The maximum atomic E-state index is 13.2. The molecule has 5 heteroatoms. The quantitative estimate of drug-likeness (QED) is 0.844. The van der Waals surface area contributed by atoms with E-state index < -0.39 is 11.8 Å². The van der Waals surface area contributed by atoms with Gasteiger partial charge in [0.25, 0.3) is 0 Å². The summed E-state index contributed by atoms with van der Waals surface area (Å²) in [6, 6.07) is 4.28. The molecule has 2 aromatic rings. The zero-order chi connectivity index (χ0) is 14.0. The van der Waals surface area contributed by atoms with Crippen LogP contribution in [0.15, 0.2) is 24.4 Å². The fourth-order valence-electron chi connectivity index (χ4n) is 2.14. The van der Waals surface area contributed by atoms with E-state index in [1.165, 1.54) is 19.1 Å². The van der Waals surface area contributed by atoms with Crippen molar-refractivity contribution in [1.29, 1.82) is 0 Å². The molecule has 0 saturated heterocycles. The van der Waals surface area contributed by atoms with Crippen LogP contribution in [-0.2, 0) is 11.3 Å². The number of Topliss-reactive ketones (excluding diaryl/α,β-unsaturated/α-hetero) is 1. The molecular weight excluding hydrogens is 249 g/mol. The molecule has 1 aromatic carbocycles. The van der Waals surface area contributed by atoms with E-state index >= 15 is 0 Å². The van der Waals surface area contributed by atoms with Crippen LogP contribution in [0.2, 0.25) is 0 Å². The van der Waals surface area contributed by atoms with Crippen LogP contribution in [0.5, 0.6) is 0 Å². The number of carbonyl (C=O) groups is 2. The second kappa shape index (κ2) is 5.22. The van der Waals surface area contributed by atoms with E-state index in [1.807, 2.05) is 0 Å². The van der Waals surface area contributed by atoms with Crippen molar-refractivity contribution < 1.29 is 19.1 Å². The van der Waals surface area contributed by atoms with Gasteiger partial charge in [-0.15, -0.1) is 0 Å². The number of aryl methyl sites for hydroxylation is 1. The SMILES string of the molecule is CC(=O)c1cn(CCCC(=O)O)c2ccc(F)cc12. The van der Waals surface area contributed by atoms with Crippen LogP contribution in [0, 0.1) is 5.82 Å². The van der Waals surface area contributed by atoms with E-state index in [0.717, 1.165) is 5.52 Å². The Balaban J connectivity index is 2.38. The fraction of sp³-hybridized carbons (Fsp3) is 0.286. The first-order chi connectivity index (χ1) is 8.99. The largest absolute Gasteiger partial charge is 0.481 e. The van der Waals surface area contributed by atoms with Gasteiger partial charge in [0.1, 0.15) is 5.82 Å². The molecule has 2 rings (SSSR count). The highest BCUT2D eigenvalue weighted by molar-refractivity contribution is 6.06. The van der Waals surface area contributed by atoms with E-state index in [1.54, 1.807) is 16.8 Å². The zero-order valence-electron chi connectivity index (χ0n) is 10.5. The molecule has 100 valence electrons. The van der Waals surface area contributed by atoms with Gasteiger partial charge in [-0.25, -0.2) is 4.39 Å². The Labute approximate surface area is 109 Å². The molecule has 19 heavy (non-hydrogen) atoms. The molecule has 0 aliphatic heterocycles. The van der Waals surface area contributed by atoms with E-state index in [2.05, 4.69) is 0 Å². The van der Waals surface area contributed by atoms with Crippen molar-refractivity contribution in [1.82, 2.24) is 4.57 Å². The Morgan fingerprint density at radius 3 is 2.74 bits per heavy atom. The first kappa shape index (κ1) is 13.3. The summed E-state index contributed by atoms with van der Waals surface area (Å²) in [5.41, 5.74) is 1.21. The average molecular weight is 263 g/mol. The second-order valence-electron chi connectivity index (χ2n) is 4.45. The summed E-state index contributed by atoms with van der Waals surface area (Å²) in [6.45, 7) is 1.92. The highest BCUT2D eigenvalue weighted by Crippen LogP contribution is 2.23. The van der Waals surface area contributed by atoms with Gasteiger partial charge in [0.15, 0.2) is 5.78 Å². The minimum atomic E-state index is -0.853. The number of ketones is 1. The molecule has 1 heterocycles. The van der Waals surface area contributed by atoms with Crippen molar-refractivity contribution >= 4 is 22.7 Å². The van der Waals surface area contributed by atoms with Gasteiger partial charge in [0, 0.05) is 35.6 Å². The lowest BCUT2D eigenvalue weighted by Crippen LogP contribution is -2.01. The van der Waals surface area contributed by atoms with E-state index in [0.29, 0.717) is 23.9 Å². The third-order valence-electron chi connectivity index (χ3n) is 3.01. The van der Waals surface area contributed by atoms with Crippen LogP contribution in [0.4, 0.5) is 4.39 Å². The van der Waals surface area contributed by atoms with Gasteiger partial charge in [-0.3, -0.25) is 9.59 Å². The van der Waals surface area contributed by atoms with Gasteiger partial charge in [0.05, 0.1) is 0 Å². The van der Waals surface area contributed by atoms with Gasteiger partial charge in [-0.05, 0) is 31.5 Å². The Morgan fingerprint density at radius 2 is 2.11 bits per heavy atom. The third kappa shape index (κ3) is 2.81. The first-order valence-electron chi connectivity index (χ1n) is 6.00. The maximum absolute atomic E-state index is 13.2. The molecule has 0 atom stereocenters. The van der Waals surface area contributed by atoms with Crippen molar-refractivity contribution in [3.8, 4) is 0 Å². The number of rotatable bonds is 5. The summed E-state index contributed by atoms with van der Waals surface area (Å²) < 4.78 is 15.0. The summed E-state index contributed by atoms with van der Waals surface area (Å²) in [7, 11) is 0. The second-order valence-corrected chi connectivity index (χ2v) is 4.45. The standard InChI is InChI=1S/C14H14FNO3/c1-9(17)12-8-16(6-2-3-14(18)19)13-5-4-10(15)7-11(12)13/h4-5,7-8H,2-3,6H2,1H3,(H,18,19). The Kier molecular flexibility index (Phi) is 3.64. The van der Waals surface area contributed by atoms with Crippen molar-refractivity contribution in [3.05, 3.63) is 35.8 Å². The summed E-state index contributed by atoms with van der Waals surface area (Å²) in [5, 5.41) is 9.19. The van der Waals surface area contributed by atoms with Crippen molar-refractivity contribution in [2.45, 2.75) is 26.3 Å². The molecule has 1 N–H and O–H groups in total. The number of carboxylic acids is 1. The van der Waals surface area contributed by atoms with Crippen LogP contribution in [0.1, 0.15) is 30.1 Å². The van der Waals surface area contributed by atoms with Gasteiger partial charge >= 0.3 is 5.97 Å². The smallest absolute Gasteiger partial charge is 0.303 e. The van der Waals surface area contributed by atoms with Crippen LogP contribution in [0.3, 0.4) is 0 Å². The van der Waals surface area contributed by atoms with Crippen LogP contribution in [0.25, 0.3) is 10.9 Å². The number of aromatic nitrogens is 1.